The maximum Gasteiger partial charge on any atom is 0.433 e. The second-order valence-corrected chi connectivity index (χ2v) is 8.87. The second-order valence-electron chi connectivity index (χ2n) is 8.87. The Balaban J connectivity index is 1.59. The molecule has 0 heterocycles. The van der Waals surface area contributed by atoms with Crippen molar-refractivity contribution in [2.75, 3.05) is 6.61 Å². The average molecular weight is 483 g/mol. The van der Waals surface area contributed by atoms with Crippen molar-refractivity contribution in [3.8, 4) is 11.5 Å². The maximum atomic E-state index is 14.6. The molecule has 1 aliphatic rings. The molecular weight excluding hydrogens is 451 g/mol. The van der Waals surface area contributed by atoms with Crippen molar-refractivity contribution in [1.82, 2.24) is 0 Å². The van der Waals surface area contributed by atoms with Gasteiger partial charge >= 0.3 is 6.11 Å². The van der Waals surface area contributed by atoms with E-state index in [9.17, 15) is 22.0 Å². The van der Waals surface area contributed by atoms with Gasteiger partial charge in [0, 0.05) is 6.07 Å². The van der Waals surface area contributed by atoms with Gasteiger partial charge in [0.15, 0.2) is 18.2 Å². The van der Waals surface area contributed by atoms with Crippen LogP contribution in [0.3, 0.4) is 0 Å². The summed E-state index contributed by atoms with van der Waals surface area (Å²) >= 11 is 0. The van der Waals surface area contributed by atoms with E-state index in [0.717, 1.165) is 50.7 Å². The molecule has 0 N–H and O–H groups in total. The van der Waals surface area contributed by atoms with E-state index in [4.69, 9.17) is 4.74 Å². The number of hydrogen-bond acceptors (Lipinski definition) is 2. The molecule has 0 bridgehead atoms. The molecule has 186 valence electrons. The lowest BCUT2D eigenvalue weighted by atomic mass is 9.78. The minimum atomic E-state index is -3.88. The Labute approximate surface area is 197 Å². The van der Waals surface area contributed by atoms with Gasteiger partial charge < -0.3 is 9.47 Å². The average Bonchev–Trinajstić information content (AvgIpc) is 2.81. The Kier molecular flexibility index (Phi) is 8.97. The van der Waals surface area contributed by atoms with Gasteiger partial charge in [-0.15, -0.1) is 6.58 Å². The highest BCUT2D eigenvalue weighted by Gasteiger charge is 2.34. The number of unbranched alkanes of at least 4 members (excludes halogenated alkanes) is 2. The highest BCUT2D eigenvalue weighted by atomic mass is 19.3. The smallest absolute Gasteiger partial charge is 0.433 e. The summed E-state index contributed by atoms with van der Waals surface area (Å²) < 4.78 is 81.1. The maximum absolute atomic E-state index is 14.6. The lowest BCUT2D eigenvalue weighted by Gasteiger charge is -2.27. The lowest BCUT2D eigenvalue weighted by molar-refractivity contribution is -0.195. The third kappa shape index (κ3) is 6.73. The van der Waals surface area contributed by atoms with Crippen molar-refractivity contribution in [2.24, 2.45) is 5.92 Å². The standard InChI is InChI=1S/C27H31F5O2/c1-3-5-6-7-20-12-15-24(26(30)25(20)29)33-17-27(31,32)34-21-13-14-22(23(28)16-21)19-10-8-18(4-2)9-11-19/h4,12-16,18-19H,2-3,5-11,17H2,1H3. The normalized spacial score (nSPS) is 18.5. The molecule has 0 saturated heterocycles. The van der Waals surface area contributed by atoms with Crippen LogP contribution in [0.1, 0.15) is 68.9 Å². The first-order valence-electron chi connectivity index (χ1n) is 11.8. The summed E-state index contributed by atoms with van der Waals surface area (Å²) in [5.41, 5.74) is 0.654. The number of alkyl halides is 2. The van der Waals surface area contributed by atoms with Gasteiger partial charge in [0.05, 0.1) is 0 Å². The lowest BCUT2D eigenvalue weighted by Crippen LogP contribution is -2.32. The second kappa shape index (κ2) is 11.7. The predicted octanol–water partition coefficient (Wildman–Crippen LogP) is 8.35. The quantitative estimate of drug-likeness (QED) is 0.182. The van der Waals surface area contributed by atoms with E-state index in [-0.39, 0.29) is 17.2 Å². The molecule has 0 spiro atoms. The summed E-state index contributed by atoms with van der Waals surface area (Å²) in [6.45, 7) is 4.44. The first kappa shape index (κ1) is 26.0. The molecule has 2 aromatic carbocycles. The molecular formula is C27H31F5O2. The Morgan fingerprint density at radius 1 is 1.00 bits per heavy atom. The van der Waals surface area contributed by atoms with Gasteiger partial charge in [0.2, 0.25) is 5.82 Å². The van der Waals surface area contributed by atoms with Crippen molar-refractivity contribution < 1.29 is 31.4 Å². The van der Waals surface area contributed by atoms with Crippen LogP contribution in [0.5, 0.6) is 11.5 Å². The van der Waals surface area contributed by atoms with Crippen molar-refractivity contribution in [2.45, 2.75) is 70.3 Å². The molecule has 1 fully saturated rings. The number of rotatable bonds is 11. The van der Waals surface area contributed by atoms with Crippen LogP contribution in [-0.4, -0.2) is 12.7 Å². The van der Waals surface area contributed by atoms with Crippen LogP contribution in [0.25, 0.3) is 0 Å². The molecule has 0 atom stereocenters. The van der Waals surface area contributed by atoms with Gasteiger partial charge in [-0.3, -0.25) is 0 Å². The highest BCUT2D eigenvalue weighted by molar-refractivity contribution is 5.33. The summed E-state index contributed by atoms with van der Waals surface area (Å²) in [6.07, 6.45) is 4.34. The topological polar surface area (TPSA) is 18.5 Å². The Bertz CT molecular complexity index is 968. The zero-order chi connectivity index (χ0) is 24.7. The van der Waals surface area contributed by atoms with Gasteiger partial charge in [-0.2, -0.15) is 13.2 Å². The van der Waals surface area contributed by atoms with E-state index in [1.54, 1.807) is 0 Å². The molecule has 2 aromatic rings. The molecule has 34 heavy (non-hydrogen) atoms. The number of ether oxygens (including phenoxy) is 2. The first-order chi connectivity index (χ1) is 16.2. The van der Waals surface area contributed by atoms with Crippen molar-refractivity contribution in [3.05, 3.63) is 71.6 Å². The van der Waals surface area contributed by atoms with Crippen LogP contribution < -0.4 is 9.47 Å². The van der Waals surface area contributed by atoms with Gasteiger partial charge in [-0.1, -0.05) is 38.0 Å². The van der Waals surface area contributed by atoms with Crippen molar-refractivity contribution >= 4 is 0 Å². The van der Waals surface area contributed by atoms with Gasteiger partial charge in [-0.05, 0) is 73.6 Å². The molecule has 0 unspecified atom stereocenters. The fourth-order valence-corrected chi connectivity index (χ4v) is 4.37. The molecule has 1 saturated carbocycles. The minimum Gasteiger partial charge on any atom is -0.480 e. The summed E-state index contributed by atoms with van der Waals surface area (Å²) in [6, 6.07) is 6.14. The number of halogens is 5. The van der Waals surface area contributed by atoms with Crippen molar-refractivity contribution in [3.63, 3.8) is 0 Å². The zero-order valence-electron chi connectivity index (χ0n) is 19.4. The van der Waals surface area contributed by atoms with E-state index < -0.39 is 35.9 Å². The van der Waals surface area contributed by atoms with E-state index in [1.165, 1.54) is 18.2 Å². The summed E-state index contributed by atoms with van der Waals surface area (Å²) in [7, 11) is 0. The van der Waals surface area contributed by atoms with E-state index in [0.29, 0.717) is 24.3 Å². The minimum absolute atomic E-state index is 0.0249. The molecule has 7 heteroatoms. The van der Waals surface area contributed by atoms with Crippen LogP contribution >= 0.6 is 0 Å². The van der Waals surface area contributed by atoms with Gasteiger partial charge in [-0.25, -0.2) is 8.78 Å². The fraction of sp³-hybridized carbons (Fsp3) is 0.481. The predicted molar refractivity (Wildman–Crippen MR) is 122 cm³/mol. The van der Waals surface area contributed by atoms with Crippen LogP contribution in [-0.2, 0) is 6.42 Å². The molecule has 1 aliphatic carbocycles. The van der Waals surface area contributed by atoms with Crippen molar-refractivity contribution in [1.29, 1.82) is 0 Å². The molecule has 0 amide bonds. The Morgan fingerprint density at radius 2 is 1.74 bits per heavy atom. The molecule has 0 aliphatic heterocycles. The van der Waals surface area contributed by atoms with Crippen LogP contribution in [0.4, 0.5) is 22.0 Å². The number of allylic oxidation sites excluding steroid dienone is 1. The monoisotopic (exact) mass is 482 g/mol. The summed E-state index contributed by atoms with van der Waals surface area (Å²) in [5.74, 6) is -3.57. The Hall–Kier alpha value is -2.57. The number of aryl methyl sites for hydroxylation is 1. The van der Waals surface area contributed by atoms with Crippen LogP contribution in [0.2, 0.25) is 0 Å². The molecule has 0 aromatic heterocycles. The zero-order valence-corrected chi connectivity index (χ0v) is 19.4. The SMILES string of the molecule is C=CC1CCC(c2ccc(OC(F)(F)COc3ccc(CCCCC)c(F)c3F)cc2F)CC1. The van der Waals surface area contributed by atoms with E-state index in [1.807, 2.05) is 13.0 Å². The number of benzene rings is 2. The summed E-state index contributed by atoms with van der Waals surface area (Å²) in [4.78, 5) is 0. The first-order valence-corrected chi connectivity index (χ1v) is 11.8. The van der Waals surface area contributed by atoms with Crippen LogP contribution in [0.15, 0.2) is 43.0 Å². The highest BCUT2D eigenvalue weighted by Crippen LogP contribution is 2.38. The van der Waals surface area contributed by atoms with Crippen LogP contribution in [0, 0.1) is 23.4 Å². The molecule has 3 rings (SSSR count). The van der Waals surface area contributed by atoms with Gasteiger partial charge in [0.1, 0.15) is 11.6 Å². The van der Waals surface area contributed by atoms with E-state index in [2.05, 4.69) is 11.3 Å². The summed E-state index contributed by atoms with van der Waals surface area (Å²) in [5, 5.41) is 0. The van der Waals surface area contributed by atoms with Gasteiger partial charge in [0.25, 0.3) is 0 Å². The fourth-order valence-electron chi connectivity index (χ4n) is 4.37. The Morgan fingerprint density at radius 3 is 2.38 bits per heavy atom. The third-order valence-corrected chi connectivity index (χ3v) is 6.36. The molecule has 2 nitrogen and oxygen atoms in total. The molecule has 0 radical (unpaired) electrons. The largest absolute Gasteiger partial charge is 0.480 e. The number of hydrogen-bond donors (Lipinski definition) is 0. The van der Waals surface area contributed by atoms with E-state index >= 15 is 0 Å². The third-order valence-electron chi connectivity index (χ3n) is 6.36.